The first-order chi connectivity index (χ1) is 39.9. The van der Waals surface area contributed by atoms with Gasteiger partial charge in [-0.25, -0.2) is 0 Å². The third-order valence-electron chi connectivity index (χ3n) is 15.7. The third kappa shape index (κ3) is 14.0. The largest absolute Gasteiger partial charge is 0.481 e. The zero-order valence-electron chi connectivity index (χ0n) is 44.0. The van der Waals surface area contributed by atoms with E-state index in [1.807, 2.05) is 0 Å². The van der Waals surface area contributed by atoms with E-state index in [0.717, 1.165) is 0 Å². The molecule has 21 aliphatic heterocycles. The predicted octanol–water partition coefficient (Wildman–Crippen LogP) is -15.2. The van der Waals surface area contributed by atoms with Gasteiger partial charge < -0.3 is 179 Å². The minimum Gasteiger partial charge on any atom is -0.481 e. The van der Waals surface area contributed by atoms with Crippen molar-refractivity contribution in [1.82, 2.24) is 5.32 Å². The van der Waals surface area contributed by atoms with Crippen molar-refractivity contribution >= 4 is 11.9 Å². The SMILES string of the molecule is O=C(O)CCC(=O)NC[C@H]1O[C@@H]2O[C@H]3[C@H](O)[C@@H](O)[C@@H](O[C@H]4[C@H](O)[C@@H](O)[C@@H](O[C@H]5[C@H](O)[C@@H](O)[C@@H](O[C@H]6[C@H](O)[C@@H](O)[C@@H](O[C@H]7[C@H](O)[C@@H](O)[C@@H](O[C@H]8[C@H](O)[C@@H](O)[C@@H](O[C@H]1[C@H](O)[C@H]2O)O[C@@H]8CO)O[C@@H]7CO)O[C@@H]6CO)O[C@@H]5CO)O[C@@H]4CO)O[C@@H]3CO. The summed E-state index contributed by atoms with van der Waals surface area (Å²) >= 11 is 0. The van der Waals surface area contributed by atoms with Crippen molar-refractivity contribution in [2.75, 3.05) is 46.2 Å². The number of aliphatic carboxylic acids is 1. The second-order valence-corrected chi connectivity index (χ2v) is 21.2. The molecule has 0 aromatic heterocycles. The minimum absolute atomic E-state index is 0.598. The Hall–Kier alpha value is -2.42. The number of aliphatic hydroxyl groups is 20. The average Bonchev–Trinajstić information content (AvgIpc) is 2.86. The fourth-order valence-corrected chi connectivity index (χ4v) is 11.0. The molecule has 14 bridgehead atoms. The molecule has 21 aliphatic rings. The van der Waals surface area contributed by atoms with Crippen LogP contribution in [0.1, 0.15) is 12.8 Å². The molecule has 38 heteroatoms. The van der Waals surface area contributed by atoms with Crippen molar-refractivity contribution in [2.45, 2.75) is 228 Å². The van der Waals surface area contributed by atoms with Gasteiger partial charge in [0, 0.05) is 13.0 Å². The van der Waals surface area contributed by atoms with Crippen LogP contribution in [-0.2, 0) is 75.9 Å². The molecule has 21 saturated heterocycles. The summed E-state index contributed by atoms with van der Waals surface area (Å²) in [6.07, 6.45) is -73.3. The van der Waals surface area contributed by atoms with Gasteiger partial charge in [-0.2, -0.15) is 0 Å². The highest BCUT2D eigenvalue weighted by atomic mass is 16.8. The Bertz CT molecular complexity index is 2080. The Kier molecular flexibility index (Phi) is 23.3. The first-order valence-electron chi connectivity index (χ1n) is 26.7. The highest BCUT2D eigenvalue weighted by Crippen LogP contribution is 2.39. The van der Waals surface area contributed by atoms with E-state index in [4.69, 9.17) is 71.4 Å². The topological polar surface area (TPSA) is 600 Å². The molecule has 0 aliphatic carbocycles. The lowest BCUT2D eigenvalue weighted by Crippen LogP contribution is -2.68. The summed E-state index contributed by atoms with van der Waals surface area (Å²) in [6.45, 7) is -7.24. The maximum Gasteiger partial charge on any atom is 0.303 e. The quantitative estimate of drug-likeness (QED) is 0.0913. The molecule has 0 aromatic carbocycles. The number of ether oxygens (including phenoxy) is 14. The second kappa shape index (κ2) is 29.0. The van der Waals surface area contributed by atoms with Crippen LogP contribution >= 0.6 is 0 Å². The van der Waals surface area contributed by atoms with Crippen LogP contribution in [0.5, 0.6) is 0 Å². The van der Waals surface area contributed by atoms with E-state index in [1.165, 1.54) is 0 Å². The van der Waals surface area contributed by atoms with Crippen molar-refractivity contribution in [1.29, 1.82) is 0 Å². The average molecular weight is 1230 g/mol. The normalized spacial score (nSPS) is 51.6. The van der Waals surface area contributed by atoms with Crippen LogP contribution in [0.15, 0.2) is 0 Å². The lowest BCUT2D eigenvalue weighted by molar-refractivity contribution is -0.396. The molecule has 22 N–H and O–H groups in total. The van der Waals surface area contributed by atoms with Crippen LogP contribution in [0.25, 0.3) is 0 Å². The molecule has 0 unspecified atom stereocenters. The van der Waals surface area contributed by atoms with E-state index >= 15 is 0 Å². The van der Waals surface area contributed by atoms with Crippen molar-refractivity contribution in [3.8, 4) is 0 Å². The number of hydrogen-bond acceptors (Lipinski definition) is 36. The van der Waals surface area contributed by atoms with Gasteiger partial charge in [0.2, 0.25) is 5.91 Å². The monoisotopic (exact) mass is 1230 g/mol. The molecule has 21 rings (SSSR count). The smallest absolute Gasteiger partial charge is 0.303 e. The lowest BCUT2D eigenvalue weighted by atomic mass is 9.95. The van der Waals surface area contributed by atoms with Crippen molar-refractivity contribution in [3.05, 3.63) is 0 Å². The molecule has 486 valence electrons. The second-order valence-electron chi connectivity index (χ2n) is 21.2. The van der Waals surface area contributed by atoms with E-state index in [1.54, 1.807) is 0 Å². The standard InChI is InChI=1S/C46H75NO37/c48-4-11-34-21(59)28(66)42(73-11)81-36-13(6-50)75-44(30(68)23(36)61)83-38-15(8-52)77-46(32(70)25(38)63)84-39-16(9-53)76-45(31(69)24(39)62)82-37-14(7-51)74-43(29(67)22(37)60)80-35-12(5-49)72-41(27(65)20(35)58)78-33-10(3-47-17(54)1-2-18(55)56)71-40(79-34)26(64)19(33)57/h10-16,19-46,48-53,57-70H,1-9H2,(H,47,54)(H,55,56)/t10-,11-,12-,13-,14-,15-,16-,19-,20-,21-,22-,23-,24-,25-,26-,27-,28-,29-,30-,31-,32-,33-,34-,35-,36-,37-,38-,39-,40-,41-,42-,43-,44-,45-,46-/m1/s1. The van der Waals surface area contributed by atoms with E-state index in [9.17, 15) is 112 Å². The van der Waals surface area contributed by atoms with Gasteiger partial charge in [0.1, 0.15) is 171 Å². The van der Waals surface area contributed by atoms with Crippen LogP contribution in [0, 0.1) is 0 Å². The molecule has 38 nitrogen and oxygen atoms in total. The van der Waals surface area contributed by atoms with Crippen LogP contribution in [0.4, 0.5) is 0 Å². The Morgan fingerprint density at radius 1 is 0.262 bits per heavy atom. The van der Waals surface area contributed by atoms with E-state index in [2.05, 4.69) is 5.32 Å². The number of aliphatic hydroxyl groups excluding tert-OH is 20. The molecule has 0 spiro atoms. The number of hydrogen-bond donors (Lipinski definition) is 22. The number of nitrogens with one attached hydrogen (secondary N) is 1. The number of carbonyl (C=O) groups is 2. The minimum atomic E-state index is -2.30. The molecular weight excluding hydrogens is 1160 g/mol. The summed E-state index contributed by atoms with van der Waals surface area (Å²) in [5.74, 6) is -2.27. The van der Waals surface area contributed by atoms with Gasteiger partial charge in [-0.1, -0.05) is 0 Å². The van der Waals surface area contributed by atoms with Gasteiger partial charge >= 0.3 is 5.97 Å². The highest BCUT2D eigenvalue weighted by Gasteiger charge is 2.59. The maximum atomic E-state index is 12.8. The number of carboxylic acid groups (broad SMARTS) is 1. The zero-order chi connectivity index (χ0) is 61.3. The first-order valence-corrected chi connectivity index (χ1v) is 26.7. The van der Waals surface area contributed by atoms with Crippen molar-refractivity contribution < 1.29 is 183 Å². The summed E-state index contributed by atoms with van der Waals surface area (Å²) < 4.78 is 80.2. The van der Waals surface area contributed by atoms with Crippen molar-refractivity contribution in [2.24, 2.45) is 0 Å². The number of carboxylic acids is 1. The van der Waals surface area contributed by atoms with Gasteiger partial charge in [-0.05, 0) is 0 Å². The molecule has 1 amide bonds. The van der Waals surface area contributed by atoms with Crippen LogP contribution in [0.2, 0.25) is 0 Å². The van der Waals surface area contributed by atoms with E-state index in [0.29, 0.717) is 0 Å². The lowest BCUT2D eigenvalue weighted by Gasteiger charge is -2.50. The zero-order valence-corrected chi connectivity index (χ0v) is 44.0. The van der Waals surface area contributed by atoms with Crippen LogP contribution in [-0.4, -0.2) is 380 Å². The molecule has 0 radical (unpaired) electrons. The third-order valence-corrected chi connectivity index (χ3v) is 15.7. The summed E-state index contributed by atoms with van der Waals surface area (Å²) in [4.78, 5) is 24.0. The van der Waals surface area contributed by atoms with Gasteiger partial charge in [0.25, 0.3) is 0 Å². The van der Waals surface area contributed by atoms with Crippen LogP contribution < -0.4 is 5.32 Å². The molecule has 84 heavy (non-hydrogen) atoms. The molecule has 0 saturated carbocycles. The summed E-state index contributed by atoms with van der Waals surface area (Å²) in [7, 11) is 0. The van der Waals surface area contributed by atoms with Crippen LogP contribution in [0.3, 0.4) is 0 Å². The molecule has 21 heterocycles. The summed E-state index contributed by atoms with van der Waals surface area (Å²) in [5.41, 5.74) is 0. The molecule has 35 atom stereocenters. The Balaban J connectivity index is 1.10. The summed E-state index contributed by atoms with van der Waals surface area (Å²) in [5, 5.41) is 234. The number of carbonyl (C=O) groups excluding carboxylic acids is 1. The Labute approximate surface area is 473 Å². The number of amides is 1. The Morgan fingerprint density at radius 2 is 0.440 bits per heavy atom. The number of rotatable bonds is 11. The maximum absolute atomic E-state index is 12.8. The Morgan fingerprint density at radius 3 is 0.619 bits per heavy atom. The van der Waals surface area contributed by atoms with Crippen molar-refractivity contribution in [3.63, 3.8) is 0 Å². The fourth-order valence-electron chi connectivity index (χ4n) is 11.0. The summed E-state index contributed by atoms with van der Waals surface area (Å²) in [6, 6.07) is 0. The molecule has 21 fully saturated rings. The fraction of sp³-hybridized carbons (Fsp3) is 0.957. The van der Waals surface area contributed by atoms with E-state index in [-0.39, 0.29) is 0 Å². The first kappa shape index (κ1) is 67.5. The molecular formula is C46H75NO37. The highest BCUT2D eigenvalue weighted by molar-refractivity contribution is 5.80. The van der Waals surface area contributed by atoms with Gasteiger partial charge in [-0.15, -0.1) is 0 Å². The van der Waals surface area contributed by atoms with E-state index < -0.39 is 286 Å². The van der Waals surface area contributed by atoms with Gasteiger partial charge in [-0.3, -0.25) is 9.59 Å². The predicted molar refractivity (Wildman–Crippen MR) is 251 cm³/mol. The van der Waals surface area contributed by atoms with Gasteiger partial charge in [0.15, 0.2) is 44.0 Å². The van der Waals surface area contributed by atoms with Gasteiger partial charge in [0.05, 0.1) is 46.1 Å². The molecule has 0 aromatic rings.